The van der Waals surface area contributed by atoms with E-state index in [1.807, 2.05) is 0 Å². The molecule has 0 radical (unpaired) electrons. The number of nitrogens with zero attached hydrogens (tertiary/aromatic N) is 12. The predicted octanol–water partition coefficient (Wildman–Crippen LogP) is -1.03. The molecule has 0 amide bonds. The van der Waals surface area contributed by atoms with Crippen molar-refractivity contribution in [2.24, 2.45) is 0 Å². The third-order valence-electron chi connectivity index (χ3n) is 1.87. The van der Waals surface area contributed by atoms with Crippen molar-refractivity contribution in [3.63, 3.8) is 0 Å². The predicted molar refractivity (Wildman–Crippen MR) is 67.9 cm³/mol. The van der Waals surface area contributed by atoms with Gasteiger partial charge in [0.15, 0.2) is 0 Å². The second-order valence-electron chi connectivity index (χ2n) is 3.28. The van der Waals surface area contributed by atoms with Crippen LogP contribution in [0.25, 0.3) is 0 Å². The quantitative estimate of drug-likeness (QED) is 0.569. The summed E-state index contributed by atoms with van der Waals surface area (Å²) in [5.41, 5.74) is 0. The minimum atomic E-state index is -0.224. The highest BCUT2D eigenvalue weighted by Crippen LogP contribution is 1.92. The fraction of sp³-hybridized carbons (Fsp3) is 0. The van der Waals surface area contributed by atoms with Gasteiger partial charge in [0.05, 0.1) is 0 Å². The Kier molecular flexibility index (Phi) is 5.88. The van der Waals surface area contributed by atoms with E-state index in [1.54, 1.807) is 36.4 Å². The number of hydrogen-bond acceptors (Lipinski definition) is 12. The molecule has 0 saturated heterocycles. The molecule has 0 unspecified atom stereocenters. The lowest BCUT2D eigenvalue weighted by molar-refractivity contribution is 0.961. The fourth-order valence-electron chi connectivity index (χ4n) is 1.05. The van der Waals surface area contributed by atoms with Crippen LogP contribution in [0, 0.1) is 68.0 Å². The van der Waals surface area contributed by atoms with Gasteiger partial charge in [0.25, 0.3) is 0 Å². The summed E-state index contributed by atoms with van der Waals surface area (Å²) in [4.78, 5) is 20.5. The van der Waals surface area contributed by atoms with Crippen molar-refractivity contribution in [3.05, 3.63) is 34.9 Å². The molecule has 2 heterocycles. The Morgan fingerprint density at radius 3 is 0.542 bits per heavy atom. The smallest absolute Gasteiger partial charge is 0.189 e. The molecule has 12 heteroatoms. The average molecular weight is 312 g/mol. The minimum absolute atomic E-state index is 0.224. The molecule has 24 heavy (non-hydrogen) atoms. The summed E-state index contributed by atoms with van der Waals surface area (Å²) in [6, 6.07) is 9.67. The van der Waals surface area contributed by atoms with Crippen molar-refractivity contribution in [1.29, 1.82) is 31.6 Å². The Hall–Kier alpha value is -5.04. The molecule has 0 atom stereocenters. The molecule has 0 saturated carbocycles. The number of rotatable bonds is 0. The number of nitriles is 6. The standard InChI is InChI=1S/2C6N6/c2*7-1-4-10-5(2-8)12-6(3-9)11-4. The molecule has 0 aromatic carbocycles. The Labute approximate surface area is 133 Å². The van der Waals surface area contributed by atoms with Crippen molar-refractivity contribution < 1.29 is 0 Å². The SMILES string of the molecule is N#Cc1nc(C#N)nc(C#N)n1.N#Cc1nc(C#N)nc(C#N)n1. The third-order valence-corrected chi connectivity index (χ3v) is 1.87. The summed E-state index contributed by atoms with van der Waals surface area (Å²) in [5, 5.41) is 50.1. The first kappa shape index (κ1) is 17.0. The van der Waals surface area contributed by atoms with E-state index < -0.39 is 0 Å². The summed E-state index contributed by atoms with van der Waals surface area (Å²) in [6.07, 6.45) is 0. The maximum Gasteiger partial charge on any atom is 0.237 e. The van der Waals surface area contributed by atoms with Crippen molar-refractivity contribution in [3.8, 4) is 36.4 Å². The molecule has 2 aromatic heterocycles. The van der Waals surface area contributed by atoms with Crippen LogP contribution in [0.5, 0.6) is 0 Å². The second-order valence-corrected chi connectivity index (χ2v) is 3.28. The molecule has 0 aliphatic carbocycles. The summed E-state index contributed by atoms with van der Waals surface area (Å²) < 4.78 is 0. The molecule has 0 spiro atoms. The van der Waals surface area contributed by atoms with Gasteiger partial charge in [0, 0.05) is 0 Å². The van der Waals surface area contributed by atoms with Gasteiger partial charge in [0.1, 0.15) is 36.4 Å². The molecule has 12 nitrogen and oxygen atoms in total. The van der Waals surface area contributed by atoms with Crippen LogP contribution in [0.1, 0.15) is 34.9 Å². The van der Waals surface area contributed by atoms with Crippen LogP contribution in [-0.2, 0) is 0 Å². The molecule has 2 rings (SSSR count). The highest BCUT2D eigenvalue weighted by Gasteiger charge is 2.04. The molecule has 2 aromatic rings. The van der Waals surface area contributed by atoms with Crippen LogP contribution in [0.2, 0.25) is 0 Å². The Balaban J connectivity index is 0.000000240. The number of hydrogen-bond donors (Lipinski definition) is 0. The molecule has 0 fully saturated rings. The molecule has 0 bridgehead atoms. The summed E-state index contributed by atoms with van der Waals surface area (Å²) >= 11 is 0. The maximum absolute atomic E-state index is 8.36. The lowest BCUT2D eigenvalue weighted by Gasteiger charge is -1.88. The fourth-order valence-corrected chi connectivity index (χ4v) is 1.05. The van der Waals surface area contributed by atoms with Gasteiger partial charge < -0.3 is 0 Å². The summed E-state index contributed by atoms with van der Waals surface area (Å²) in [5.74, 6) is -1.34. The van der Waals surface area contributed by atoms with Crippen molar-refractivity contribution in [2.75, 3.05) is 0 Å². The van der Waals surface area contributed by atoms with E-state index in [9.17, 15) is 0 Å². The third kappa shape index (κ3) is 4.51. The van der Waals surface area contributed by atoms with E-state index in [2.05, 4.69) is 29.9 Å². The Bertz CT molecular complexity index is 785. The van der Waals surface area contributed by atoms with E-state index in [-0.39, 0.29) is 34.9 Å². The first-order valence-corrected chi connectivity index (χ1v) is 5.52. The molecule has 108 valence electrons. The Morgan fingerprint density at radius 2 is 0.458 bits per heavy atom. The second kappa shape index (κ2) is 8.29. The zero-order valence-corrected chi connectivity index (χ0v) is 11.4. The largest absolute Gasteiger partial charge is 0.237 e. The minimum Gasteiger partial charge on any atom is -0.189 e. The highest BCUT2D eigenvalue weighted by molar-refractivity contribution is 5.23. The Morgan fingerprint density at radius 1 is 0.333 bits per heavy atom. The van der Waals surface area contributed by atoms with Crippen molar-refractivity contribution >= 4 is 0 Å². The van der Waals surface area contributed by atoms with Gasteiger partial charge in [-0.05, 0) is 0 Å². The first-order valence-electron chi connectivity index (χ1n) is 5.52. The lowest BCUT2D eigenvalue weighted by Crippen LogP contribution is -2.00. The lowest BCUT2D eigenvalue weighted by atomic mass is 10.5. The van der Waals surface area contributed by atoms with Crippen LogP contribution >= 0.6 is 0 Å². The van der Waals surface area contributed by atoms with Gasteiger partial charge in [-0.1, -0.05) is 0 Å². The van der Waals surface area contributed by atoms with Gasteiger partial charge in [-0.2, -0.15) is 61.5 Å². The van der Waals surface area contributed by atoms with Gasteiger partial charge in [-0.15, -0.1) is 0 Å². The monoisotopic (exact) mass is 312 g/mol. The van der Waals surface area contributed by atoms with Crippen LogP contribution in [-0.4, -0.2) is 29.9 Å². The van der Waals surface area contributed by atoms with Gasteiger partial charge in [0.2, 0.25) is 34.9 Å². The van der Waals surface area contributed by atoms with Crippen LogP contribution in [0.15, 0.2) is 0 Å². The van der Waals surface area contributed by atoms with Crippen molar-refractivity contribution in [2.45, 2.75) is 0 Å². The van der Waals surface area contributed by atoms with E-state index in [0.29, 0.717) is 0 Å². The van der Waals surface area contributed by atoms with E-state index in [0.717, 1.165) is 0 Å². The average Bonchev–Trinajstić information content (AvgIpc) is 2.67. The van der Waals surface area contributed by atoms with Gasteiger partial charge in [-0.3, -0.25) is 0 Å². The zero-order valence-electron chi connectivity index (χ0n) is 11.4. The topological polar surface area (TPSA) is 220 Å². The molecule has 0 aliphatic rings. The highest BCUT2D eigenvalue weighted by atomic mass is 15.0. The van der Waals surface area contributed by atoms with E-state index in [4.69, 9.17) is 31.6 Å². The maximum atomic E-state index is 8.36. The molecule has 0 N–H and O–H groups in total. The normalized spacial score (nSPS) is 7.75. The van der Waals surface area contributed by atoms with Crippen LogP contribution < -0.4 is 0 Å². The van der Waals surface area contributed by atoms with E-state index in [1.165, 1.54) is 0 Å². The first-order chi connectivity index (χ1) is 11.6. The van der Waals surface area contributed by atoms with Crippen LogP contribution in [0.3, 0.4) is 0 Å². The number of aromatic nitrogens is 6. The van der Waals surface area contributed by atoms with Gasteiger partial charge >= 0.3 is 0 Å². The van der Waals surface area contributed by atoms with Crippen LogP contribution in [0.4, 0.5) is 0 Å². The zero-order chi connectivity index (χ0) is 17.9. The molecular formula is C12N12. The molecular weight excluding hydrogens is 312 g/mol. The summed E-state index contributed by atoms with van der Waals surface area (Å²) in [7, 11) is 0. The molecule has 0 aliphatic heterocycles. The van der Waals surface area contributed by atoms with Gasteiger partial charge in [-0.25, -0.2) is 0 Å². The summed E-state index contributed by atoms with van der Waals surface area (Å²) in [6.45, 7) is 0. The van der Waals surface area contributed by atoms with Crippen molar-refractivity contribution in [1.82, 2.24) is 29.9 Å². The van der Waals surface area contributed by atoms with E-state index >= 15 is 0 Å².